The number of rotatable bonds is 8. The lowest BCUT2D eigenvalue weighted by Gasteiger charge is -2.20. The number of aliphatic hydroxyl groups excluding tert-OH is 1. The van der Waals surface area contributed by atoms with Crippen LogP contribution in [0.3, 0.4) is 0 Å². The second kappa shape index (κ2) is 10.5. The number of nitrogens with zero attached hydrogens (tertiary/aromatic N) is 2. The van der Waals surface area contributed by atoms with Crippen LogP contribution in [0.5, 0.6) is 0 Å². The topological polar surface area (TPSA) is 65.5 Å². The minimum Gasteiger partial charge on any atom is -0.387 e. The van der Waals surface area contributed by atoms with Crippen molar-refractivity contribution in [2.24, 2.45) is 0 Å². The van der Waals surface area contributed by atoms with Gasteiger partial charge in [-0.25, -0.2) is 0 Å². The molecule has 1 aliphatic heterocycles. The van der Waals surface area contributed by atoms with Crippen molar-refractivity contribution in [3.8, 4) is 0 Å². The van der Waals surface area contributed by atoms with Crippen molar-refractivity contribution >= 4 is 5.91 Å². The standard InChI is InChI=1S/C27H31N3O2/c1-30(17-15-21-6-5-16-28-19-21)27(32)23-11-9-20(10-12-23)18-24-13-14-25(29-24)26(31)22-7-3-2-4-8-22/h2-12,16,19,24-26,29,31H,13-15,17-18H2,1H3/t24-,25+,26+/m0/s1. The van der Waals surface area contributed by atoms with Gasteiger partial charge >= 0.3 is 0 Å². The van der Waals surface area contributed by atoms with Gasteiger partial charge in [0.25, 0.3) is 5.91 Å². The second-order valence-corrected chi connectivity index (χ2v) is 8.64. The van der Waals surface area contributed by atoms with Gasteiger partial charge in [-0.1, -0.05) is 48.5 Å². The maximum atomic E-state index is 12.7. The number of hydrogen-bond acceptors (Lipinski definition) is 4. The highest BCUT2D eigenvalue weighted by molar-refractivity contribution is 5.94. The van der Waals surface area contributed by atoms with Crippen molar-refractivity contribution < 1.29 is 9.90 Å². The van der Waals surface area contributed by atoms with Gasteiger partial charge in [0.1, 0.15) is 0 Å². The number of carbonyl (C=O) groups excluding carboxylic acids is 1. The number of carbonyl (C=O) groups is 1. The summed E-state index contributed by atoms with van der Waals surface area (Å²) >= 11 is 0. The molecule has 2 heterocycles. The molecular formula is C27H31N3O2. The van der Waals surface area contributed by atoms with E-state index < -0.39 is 6.10 Å². The summed E-state index contributed by atoms with van der Waals surface area (Å²) in [6, 6.07) is 22.1. The maximum Gasteiger partial charge on any atom is 0.253 e. The third-order valence-corrected chi connectivity index (χ3v) is 6.29. The Morgan fingerprint density at radius 3 is 2.56 bits per heavy atom. The summed E-state index contributed by atoms with van der Waals surface area (Å²) in [6.45, 7) is 0.656. The van der Waals surface area contributed by atoms with Crippen LogP contribution in [0.1, 0.15) is 46.0 Å². The quantitative estimate of drug-likeness (QED) is 0.572. The highest BCUT2D eigenvalue weighted by atomic mass is 16.3. The second-order valence-electron chi connectivity index (χ2n) is 8.64. The van der Waals surface area contributed by atoms with Gasteiger partial charge in [0.05, 0.1) is 6.10 Å². The molecule has 1 fully saturated rings. The smallest absolute Gasteiger partial charge is 0.253 e. The molecular weight excluding hydrogens is 398 g/mol. The molecule has 2 aromatic carbocycles. The molecule has 0 radical (unpaired) electrons. The summed E-state index contributed by atoms with van der Waals surface area (Å²) in [4.78, 5) is 18.6. The van der Waals surface area contributed by atoms with Crippen LogP contribution >= 0.6 is 0 Å². The molecule has 0 unspecified atom stereocenters. The Balaban J connectivity index is 1.28. The lowest BCUT2D eigenvalue weighted by Crippen LogP contribution is -2.35. The number of benzene rings is 2. The average molecular weight is 430 g/mol. The van der Waals surface area contributed by atoms with Crippen molar-refractivity contribution in [2.75, 3.05) is 13.6 Å². The lowest BCUT2D eigenvalue weighted by molar-refractivity contribution is 0.0796. The lowest BCUT2D eigenvalue weighted by atomic mass is 10.0. The molecule has 2 N–H and O–H groups in total. The molecule has 3 aromatic rings. The van der Waals surface area contributed by atoms with E-state index >= 15 is 0 Å². The maximum absolute atomic E-state index is 12.7. The first kappa shape index (κ1) is 22.2. The van der Waals surface area contributed by atoms with E-state index in [0.717, 1.165) is 36.8 Å². The van der Waals surface area contributed by atoms with Gasteiger partial charge < -0.3 is 15.3 Å². The van der Waals surface area contributed by atoms with Crippen molar-refractivity contribution in [2.45, 2.75) is 43.9 Å². The first-order chi connectivity index (χ1) is 15.6. The number of amides is 1. The molecule has 32 heavy (non-hydrogen) atoms. The van der Waals surface area contributed by atoms with Crippen LogP contribution in [-0.4, -0.2) is 46.6 Å². The number of pyridine rings is 1. The van der Waals surface area contributed by atoms with Crippen molar-refractivity contribution in [1.82, 2.24) is 15.2 Å². The summed E-state index contributed by atoms with van der Waals surface area (Å²) in [6.07, 6.45) is 6.79. The van der Waals surface area contributed by atoms with E-state index in [0.29, 0.717) is 18.2 Å². The molecule has 0 spiro atoms. The third kappa shape index (κ3) is 5.61. The summed E-state index contributed by atoms with van der Waals surface area (Å²) < 4.78 is 0. The van der Waals surface area contributed by atoms with E-state index in [2.05, 4.69) is 10.3 Å². The summed E-state index contributed by atoms with van der Waals surface area (Å²) in [5.41, 5.74) is 3.99. The number of aliphatic hydroxyl groups is 1. The number of nitrogens with one attached hydrogen (secondary N) is 1. The van der Waals surface area contributed by atoms with Crippen LogP contribution in [-0.2, 0) is 12.8 Å². The normalized spacial score (nSPS) is 18.9. The molecule has 3 atom stereocenters. The van der Waals surface area contributed by atoms with E-state index in [-0.39, 0.29) is 11.9 Å². The summed E-state index contributed by atoms with van der Waals surface area (Å²) in [7, 11) is 1.84. The molecule has 5 heteroatoms. The Labute approximate surface area is 190 Å². The highest BCUT2D eigenvalue weighted by Gasteiger charge is 2.29. The number of likely N-dealkylation sites (N-methyl/N-ethyl adjacent to an activating group) is 1. The Kier molecular flexibility index (Phi) is 7.30. The molecule has 4 rings (SSSR count). The van der Waals surface area contributed by atoms with Crippen LogP contribution in [0.25, 0.3) is 0 Å². The van der Waals surface area contributed by atoms with Crippen LogP contribution < -0.4 is 5.32 Å². The number of hydrogen-bond donors (Lipinski definition) is 2. The van der Waals surface area contributed by atoms with Gasteiger partial charge in [0.15, 0.2) is 0 Å². The molecule has 0 saturated carbocycles. The van der Waals surface area contributed by atoms with Crippen LogP contribution in [0.4, 0.5) is 0 Å². The van der Waals surface area contributed by atoms with Gasteiger partial charge in [-0.3, -0.25) is 9.78 Å². The first-order valence-electron chi connectivity index (χ1n) is 11.3. The summed E-state index contributed by atoms with van der Waals surface area (Å²) in [5.74, 6) is 0.0329. The van der Waals surface area contributed by atoms with E-state index in [9.17, 15) is 9.90 Å². The minimum atomic E-state index is -0.483. The van der Waals surface area contributed by atoms with Crippen LogP contribution in [0, 0.1) is 0 Å². The summed E-state index contributed by atoms with van der Waals surface area (Å²) in [5, 5.41) is 14.3. The fourth-order valence-corrected chi connectivity index (χ4v) is 4.38. The molecule has 1 amide bonds. The zero-order chi connectivity index (χ0) is 22.3. The van der Waals surface area contributed by atoms with Gasteiger partial charge in [0.2, 0.25) is 0 Å². The molecule has 166 valence electrons. The highest BCUT2D eigenvalue weighted by Crippen LogP contribution is 2.26. The van der Waals surface area contributed by atoms with E-state index in [4.69, 9.17) is 0 Å². The third-order valence-electron chi connectivity index (χ3n) is 6.29. The van der Waals surface area contributed by atoms with Gasteiger partial charge in [-0.05, 0) is 60.6 Å². The fraction of sp³-hybridized carbons (Fsp3) is 0.333. The van der Waals surface area contributed by atoms with Gasteiger partial charge in [0, 0.05) is 43.6 Å². The largest absolute Gasteiger partial charge is 0.387 e. The molecule has 5 nitrogen and oxygen atoms in total. The van der Waals surface area contributed by atoms with Crippen molar-refractivity contribution in [1.29, 1.82) is 0 Å². The minimum absolute atomic E-state index is 0.0329. The van der Waals surface area contributed by atoms with E-state index in [1.807, 2.05) is 80.0 Å². The van der Waals surface area contributed by atoms with Gasteiger partial charge in [-0.2, -0.15) is 0 Å². The fourth-order valence-electron chi connectivity index (χ4n) is 4.38. The molecule has 0 bridgehead atoms. The van der Waals surface area contributed by atoms with Crippen LogP contribution in [0.2, 0.25) is 0 Å². The van der Waals surface area contributed by atoms with E-state index in [1.54, 1.807) is 11.1 Å². The van der Waals surface area contributed by atoms with Crippen molar-refractivity contribution in [3.63, 3.8) is 0 Å². The average Bonchev–Trinajstić information content (AvgIpc) is 3.31. The SMILES string of the molecule is CN(CCc1cccnc1)C(=O)c1ccc(C[C@@H]2CC[C@H]([C@H](O)c3ccccc3)N2)cc1. The molecule has 0 aliphatic carbocycles. The number of aromatic nitrogens is 1. The van der Waals surface area contributed by atoms with Crippen LogP contribution in [0.15, 0.2) is 79.1 Å². The Morgan fingerprint density at radius 2 is 1.84 bits per heavy atom. The molecule has 1 aliphatic rings. The first-order valence-corrected chi connectivity index (χ1v) is 11.3. The predicted molar refractivity (Wildman–Crippen MR) is 126 cm³/mol. The Morgan fingerprint density at radius 1 is 1.06 bits per heavy atom. The van der Waals surface area contributed by atoms with Gasteiger partial charge in [-0.15, -0.1) is 0 Å². The zero-order valence-electron chi connectivity index (χ0n) is 18.5. The zero-order valence-corrected chi connectivity index (χ0v) is 18.5. The molecule has 1 aromatic heterocycles. The molecule has 1 saturated heterocycles. The van der Waals surface area contributed by atoms with E-state index in [1.165, 1.54) is 5.56 Å². The predicted octanol–water partition coefficient (Wildman–Crippen LogP) is 3.79. The Bertz CT molecular complexity index is 992. The Hall–Kier alpha value is -3.02. The monoisotopic (exact) mass is 429 g/mol. The van der Waals surface area contributed by atoms with Crippen molar-refractivity contribution in [3.05, 3.63) is 101 Å².